The highest BCUT2D eigenvalue weighted by molar-refractivity contribution is 5.81. The Morgan fingerprint density at radius 2 is 1.95 bits per heavy atom. The number of rotatable bonds is 6. The van der Waals surface area contributed by atoms with E-state index < -0.39 is 0 Å². The van der Waals surface area contributed by atoms with Crippen LogP contribution in [0.5, 0.6) is 0 Å². The molecule has 122 valence electrons. The molecule has 2 saturated heterocycles. The highest BCUT2D eigenvalue weighted by Gasteiger charge is 2.39. The first-order chi connectivity index (χ1) is 10.0. The summed E-state index contributed by atoms with van der Waals surface area (Å²) in [6.45, 7) is 9.84. The summed E-state index contributed by atoms with van der Waals surface area (Å²) in [7, 11) is 1.65. The average molecular weight is 297 g/mol. The van der Waals surface area contributed by atoms with E-state index in [1.54, 1.807) is 7.11 Å². The molecule has 3 atom stereocenters. The van der Waals surface area contributed by atoms with Crippen LogP contribution < -0.4 is 5.32 Å². The van der Waals surface area contributed by atoms with Crippen LogP contribution in [0.3, 0.4) is 0 Å². The first kappa shape index (κ1) is 16.7. The van der Waals surface area contributed by atoms with E-state index in [9.17, 15) is 4.79 Å². The van der Waals surface area contributed by atoms with E-state index >= 15 is 0 Å². The molecule has 0 radical (unpaired) electrons. The third-order valence-corrected chi connectivity index (χ3v) is 5.00. The van der Waals surface area contributed by atoms with Crippen molar-refractivity contribution in [2.24, 2.45) is 0 Å². The minimum absolute atomic E-state index is 0.0461. The van der Waals surface area contributed by atoms with Gasteiger partial charge in [0.25, 0.3) is 0 Å². The molecule has 2 aliphatic heterocycles. The second kappa shape index (κ2) is 7.56. The van der Waals surface area contributed by atoms with Gasteiger partial charge >= 0.3 is 0 Å². The van der Waals surface area contributed by atoms with Gasteiger partial charge in [0.1, 0.15) is 0 Å². The molecule has 2 rings (SSSR count). The summed E-state index contributed by atoms with van der Waals surface area (Å²) in [5.41, 5.74) is 0. The van der Waals surface area contributed by atoms with Gasteiger partial charge in [-0.3, -0.25) is 14.6 Å². The summed E-state index contributed by atoms with van der Waals surface area (Å²) in [5.74, 6) is 0.126. The number of carbonyl (C=O) groups excluding carboxylic acids is 1. The predicted molar refractivity (Wildman–Crippen MR) is 84.3 cm³/mol. The van der Waals surface area contributed by atoms with Gasteiger partial charge in [-0.2, -0.15) is 0 Å². The van der Waals surface area contributed by atoms with E-state index in [-0.39, 0.29) is 11.9 Å². The lowest BCUT2D eigenvalue weighted by Crippen LogP contribution is -2.49. The predicted octanol–water partition coefficient (Wildman–Crippen LogP) is 1.08. The minimum atomic E-state index is -0.0461. The molecular formula is C16H31N3O2. The van der Waals surface area contributed by atoms with E-state index in [0.29, 0.717) is 31.3 Å². The Balaban J connectivity index is 1.91. The molecule has 0 aromatic heterocycles. The lowest BCUT2D eigenvalue weighted by atomic mass is 10.1. The first-order valence-electron chi connectivity index (χ1n) is 8.32. The maximum absolute atomic E-state index is 12.2. The minimum Gasteiger partial charge on any atom is -0.383 e. The molecule has 0 aromatic carbocycles. The topological polar surface area (TPSA) is 44.8 Å². The highest BCUT2D eigenvalue weighted by atomic mass is 16.5. The van der Waals surface area contributed by atoms with E-state index in [1.165, 1.54) is 19.3 Å². The van der Waals surface area contributed by atoms with E-state index in [2.05, 4.69) is 29.0 Å². The van der Waals surface area contributed by atoms with Crippen LogP contribution in [0.2, 0.25) is 0 Å². The van der Waals surface area contributed by atoms with Crippen molar-refractivity contribution in [1.82, 2.24) is 15.1 Å². The lowest BCUT2D eigenvalue weighted by molar-refractivity contribution is -0.126. The van der Waals surface area contributed by atoms with Crippen LogP contribution in [0.15, 0.2) is 0 Å². The Bertz CT molecular complexity index is 348. The van der Waals surface area contributed by atoms with Gasteiger partial charge in [0.15, 0.2) is 0 Å². The van der Waals surface area contributed by atoms with Crippen molar-refractivity contribution in [3.05, 3.63) is 0 Å². The maximum atomic E-state index is 12.2. The Morgan fingerprint density at radius 1 is 1.24 bits per heavy atom. The third-order valence-electron chi connectivity index (χ3n) is 5.00. The molecule has 2 bridgehead atoms. The molecule has 0 saturated carbocycles. The third kappa shape index (κ3) is 3.96. The summed E-state index contributed by atoms with van der Waals surface area (Å²) < 4.78 is 4.98. The summed E-state index contributed by atoms with van der Waals surface area (Å²) in [4.78, 5) is 17.3. The number of carbonyl (C=O) groups is 1. The van der Waals surface area contributed by atoms with Crippen LogP contribution >= 0.6 is 0 Å². The smallest absolute Gasteiger partial charge is 0.237 e. The molecule has 1 N–H and O–H groups in total. The molecule has 0 unspecified atom stereocenters. The largest absolute Gasteiger partial charge is 0.383 e. The fraction of sp³-hybridized carbons (Fsp3) is 0.938. The van der Waals surface area contributed by atoms with Crippen LogP contribution in [-0.4, -0.2) is 73.2 Å². The van der Waals surface area contributed by atoms with E-state index in [0.717, 1.165) is 13.1 Å². The van der Waals surface area contributed by atoms with Gasteiger partial charge in [-0.15, -0.1) is 0 Å². The Labute approximate surface area is 129 Å². The van der Waals surface area contributed by atoms with Crippen LogP contribution in [0.1, 0.15) is 40.0 Å². The number of hydrogen-bond donors (Lipinski definition) is 1. The normalized spacial score (nSPS) is 28.6. The molecule has 5 nitrogen and oxygen atoms in total. The van der Waals surface area contributed by atoms with Gasteiger partial charge in [0.2, 0.25) is 5.91 Å². The zero-order valence-corrected chi connectivity index (χ0v) is 14.0. The number of likely N-dealkylation sites (tertiary alicyclic amines) is 1. The van der Waals surface area contributed by atoms with Gasteiger partial charge in [-0.25, -0.2) is 0 Å². The number of methoxy groups -OCH3 is 1. The van der Waals surface area contributed by atoms with Crippen LogP contribution in [0.25, 0.3) is 0 Å². The Kier molecular flexibility index (Phi) is 6.02. The fourth-order valence-electron chi connectivity index (χ4n) is 3.92. The lowest BCUT2D eigenvalue weighted by Gasteiger charge is -2.33. The van der Waals surface area contributed by atoms with Gasteiger partial charge < -0.3 is 10.1 Å². The van der Waals surface area contributed by atoms with Crippen molar-refractivity contribution in [3.63, 3.8) is 0 Å². The quantitative estimate of drug-likeness (QED) is 0.745. The van der Waals surface area contributed by atoms with Gasteiger partial charge in [-0.1, -0.05) is 0 Å². The summed E-state index contributed by atoms with van der Waals surface area (Å²) in [6.07, 6.45) is 3.78. The molecule has 0 spiro atoms. The average Bonchev–Trinajstić information content (AvgIpc) is 2.73. The summed E-state index contributed by atoms with van der Waals surface area (Å²) in [5, 5.41) is 2.96. The molecular weight excluding hydrogens is 266 g/mol. The summed E-state index contributed by atoms with van der Waals surface area (Å²) >= 11 is 0. The van der Waals surface area contributed by atoms with Crippen molar-refractivity contribution in [2.75, 3.05) is 33.4 Å². The molecule has 21 heavy (non-hydrogen) atoms. The van der Waals surface area contributed by atoms with Gasteiger partial charge in [0, 0.05) is 44.9 Å². The first-order valence-corrected chi connectivity index (χ1v) is 8.32. The van der Waals surface area contributed by atoms with Gasteiger partial charge in [-0.05, 0) is 40.0 Å². The number of ether oxygens (including phenoxy) is 1. The second-order valence-corrected chi connectivity index (χ2v) is 6.67. The number of fused-ring (bicyclic) bond motifs is 2. The molecule has 2 heterocycles. The molecule has 5 heteroatoms. The molecule has 0 aliphatic carbocycles. The van der Waals surface area contributed by atoms with E-state index in [4.69, 9.17) is 4.74 Å². The zero-order valence-electron chi connectivity index (χ0n) is 14.0. The van der Waals surface area contributed by atoms with Crippen LogP contribution in [0, 0.1) is 0 Å². The Morgan fingerprint density at radius 3 is 2.62 bits per heavy atom. The summed E-state index contributed by atoms with van der Waals surface area (Å²) in [6, 6.07) is 1.89. The number of amides is 1. The van der Waals surface area contributed by atoms with Crippen molar-refractivity contribution >= 4 is 5.91 Å². The number of nitrogens with one attached hydrogen (secondary N) is 1. The van der Waals surface area contributed by atoms with Crippen molar-refractivity contribution in [2.45, 2.75) is 64.2 Å². The van der Waals surface area contributed by atoms with Crippen LogP contribution in [-0.2, 0) is 9.53 Å². The Hall–Kier alpha value is -0.650. The van der Waals surface area contributed by atoms with E-state index in [1.807, 2.05) is 6.92 Å². The number of nitrogens with zero attached hydrogens (tertiary/aromatic N) is 2. The monoisotopic (exact) mass is 297 g/mol. The SMILES string of the molecule is COCCNC(=O)[C@H](C)N1CC[C@H]2CC[C@@H](C1)N2C(C)C. The zero-order chi connectivity index (χ0) is 15.4. The molecule has 0 aromatic rings. The van der Waals surface area contributed by atoms with Crippen molar-refractivity contribution in [1.29, 1.82) is 0 Å². The maximum Gasteiger partial charge on any atom is 0.237 e. The fourth-order valence-corrected chi connectivity index (χ4v) is 3.92. The highest BCUT2D eigenvalue weighted by Crippen LogP contribution is 2.32. The van der Waals surface area contributed by atoms with Crippen molar-refractivity contribution < 1.29 is 9.53 Å². The van der Waals surface area contributed by atoms with Crippen LogP contribution in [0.4, 0.5) is 0 Å². The van der Waals surface area contributed by atoms with Crippen molar-refractivity contribution in [3.8, 4) is 0 Å². The molecule has 2 fully saturated rings. The second-order valence-electron chi connectivity index (χ2n) is 6.67. The standard InChI is InChI=1S/C16H31N3O2/c1-12(2)19-14-5-6-15(19)11-18(9-7-14)13(3)16(20)17-8-10-21-4/h12-15H,5-11H2,1-4H3,(H,17,20)/t13-,14+,15-/m0/s1. The van der Waals surface area contributed by atoms with Gasteiger partial charge in [0.05, 0.1) is 12.6 Å². The molecule has 1 amide bonds. The molecule has 2 aliphatic rings. The number of hydrogen-bond acceptors (Lipinski definition) is 4.